The first-order valence-electron chi connectivity index (χ1n) is 7.43. The number of aliphatic carboxylic acids is 1. The fraction of sp³-hybridized carbons (Fsp3) is 0.471. The molecule has 0 heterocycles. The zero-order chi connectivity index (χ0) is 15.4. The minimum Gasteiger partial charge on any atom is -0.478 e. The van der Waals surface area contributed by atoms with E-state index in [-0.39, 0.29) is 0 Å². The van der Waals surface area contributed by atoms with Crippen molar-refractivity contribution in [2.24, 2.45) is 5.92 Å². The Balaban J connectivity index is 2.33. The summed E-state index contributed by atoms with van der Waals surface area (Å²) in [6.45, 7) is 2.29. The predicted octanol–water partition coefficient (Wildman–Crippen LogP) is 4.45. The number of carbonyl (C=O) groups is 1. The van der Waals surface area contributed by atoms with Crippen LogP contribution in [-0.4, -0.2) is 24.2 Å². The monoisotopic (exact) mass is 307 g/mol. The summed E-state index contributed by atoms with van der Waals surface area (Å²) in [6, 6.07) is 6.20. The molecule has 2 atom stereocenters. The maximum Gasteiger partial charge on any atom is 0.328 e. The Labute approximate surface area is 131 Å². The van der Waals surface area contributed by atoms with Crippen LogP contribution in [0, 0.1) is 5.92 Å². The van der Waals surface area contributed by atoms with E-state index in [1.54, 1.807) is 12.1 Å². The van der Waals surface area contributed by atoms with Crippen LogP contribution in [-0.2, 0) is 4.79 Å². The Morgan fingerprint density at radius 2 is 2.10 bits per heavy atom. The molecular weight excluding hydrogens is 286 g/mol. The van der Waals surface area contributed by atoms with E-state index in [1.165, 1.54) is 25.7 Å². The van der Waals surface area contributed by atoms with E-state index in [9.17, 15) is 4.79 Å². The van der Waals surface area contributed by atoms with Gasteiger partial charge in [0.2, 0.25) is 0 Å². The third-order valence-electron chi connectivity index (χ3n) is 4.37. The molecule has 0 aromatic heterocycles. The van der Waals surface area contributed by atoms with Crippen LogP contribution in [0.15, 0.2) is 24.3 Å². The number of carboxylic acids is 1. The molecule has 1 N–H and O–H groups in total. The lowest BCUT2D eigenvalue weighted by Crippen LogP contribution is -2.39. The molecule has 1 fully saturated rings. The van der Waals surface area contributed by atoms with E-state index in [0.29, 0.717) is 17.0 Å². The molecule has 21 heavy (non-hydrogen) atoms. The number of halogens is 1. The van der Waals surface area contributed by atoms with Crippen LogP contribution < -0.4 is 4.90 Å². The van der Waals surface area contributed by atoms with Crippen molar-refractivity contribution in [1.82, 2.24) is 0 Å². The normalized spacial score (nSPS) is 22.4. The Bertz CT molecular complexity index is 542. The largest absolute Gasteiger partial charge is 0.478 e. The lowest BCUT2D eigenvalue weighted by molar-refractivity contribution is -0.131. The van der Waals surface area contributed by atoms with E-state index in [1.807, 2.05) is 12.1 Å². The molecule has 0 bridgehead atoms. The molecule has 0 saturated heterocycles. The fourth-order valence-corrected chi connectivity index (χ4v) is 3.44. The molecule has 0 spiro atoms. The summed E-state index contributed by atoms with van der Waals surface area (Å²) < 4.78 is 0. The van der Waals surface area contributed by atoms with Crippen molar-refractivity contribution < 1.29 is 9.90 Å². The highest BCUT2D eigenvalue weighted by atomic mass is 35.5. The molecule has 1 aliphatic rings. The number of nitrogens with zero attached hydrogens (tertiary/aromatic N) is 1. The summed E-state index contributed by atoms with van der Waals surface area (Å²) >= 11 is 6.26. The van der Waals surface area contributed by atoms with Gasteiger partial charge in [-0.1, -0.05) is 37.4 Å². The minimum absolute atomic E-state index is 0.481. The van der Waals surface area contributed by atoms with Gasteiger partial charge in [0.05, 0.1) is 0 Å². The van der Waals surface area contributed by atoms with Gasteiger partial charge >= 0.3 is 5.97 Å². The molecule has 1 saturated carbocycles. The Morgan fingerprint density at radius 3 is 2.76 bits per heavy atom. The highest BCUT2D eigenvalue weighted by Crippen LogP contribution is 2.34. The van der Waals surface area contributed by atoms with Gasteiger partial charge in [0.25, 0.3) is 0 Å². The number of carboxylic acid groups (broad SMARTS) is 1. The van der Waals surface area contributed by atoms with Crippen LogP contribution in [0.2, 0.25) is 5.02 Å². The first kappa shape index (κ1) is 15.9. The van der Waals surface area contributed by atoms with Crippen LogP contribution >= 0.6 is 11.6 Å². The van der Waals surface area contributed by atoms with Crippen molar-refractivity contribution in [3.8, 4) is 0 Å². The molecule has 0 amide bonds. The average molecular weight is 308 g/mol. The standard InChI is InChI=1S/C17H22ClNO2/c1-12-6-3-4-8-15(12)19(2)16-9-5-7-14(18)13(16)10-11-17(20)21/h5,7,9-12,15H,3-4,6,8H2,1-2H3,(H,20,21). The summed E-state index contributed by atoms with van der Waals surface area (Å²) in [5.74, 6) is -0.325. The average Bonchev–Trinajstić information content (AvgIpc) is 2.45. The maximum atomic E-state index is 10.8. The van der Waals surface area contributed by atoms with Crippen LogP contribution in [0.3, 0.4) is 0 Å². The first-order chi connectivity index (χ1) is 10.0. The van der Waals surface area contributed by atoms with Crippen molar-refractivity contribution in [2.75, 3.05) is 11.9 Å². The number of hydrogen-bond donors (Lipinski definition) is 1. The van der Waals surface area contributed by atoms with Crippen molar-refractivity contribution in [1.29, 1.82) is 0 Å². The number of anilines is 1. The molecule has 1 aromatic rings. The van der Waals surface area contributed by atoms with E-state index < -0.39 is 5.97 Å². The predicted molar refractivity (Wildman–Crippen MR) is 87.9 cm³/mol. The van der Waals surface area contributed by atoms with Crippen LogP contribution in [0.1, 0.15) is 38.2 Å². The van der Waals surface area contributed by atoms with Crippen molar-refractivity contribution in [3.05, 3.63) is 34.9 Å². The summed E-state index contributed by atoms with van der Waals surface area (Å²) in [7, 11) is 2.08. The molecule has 1 aromatic carbocycles. The van der Waals surface area contributed by atoms with Gasteiger partial charge in [0.1, 0.15) is 0 Å². The smallest absolute Gasteiger partial charge is 0.328 e. The second kappa shape index (κ2) is 6.99. The quantitative estimate of drug-likeness (QED) is 0.835. The summed E-state index contributed by atoms with van der Waals surface area (Å²) in [5.41, 5.74) is 1.78. The van der Waals surface area contributed by atoms with Gasteiger partial charge in [0.15, 0.2) is 0 Å². The molecule has 2 rings (SSSR count). The van der Waals surface area contributed by atoms with Crippen LogP contribution in [0.25, 0.3) is 6.08 Å². The van der Waals surface area contributed by atoms with Gasteiger partial charge in [-0.05, 0) is 37.0 Å². The lowest BCUT2D eigenvalue weighted by Gasteiger charge is -2.38. The third kappa shape index (κ3) is 3.79. The molecule has 114 valence electrons. The molecule has 0 aliphatic heterocycles. The highest BCUT2D eigenvalue weighted by Gasteiger charge is 2.26. The van der Waals surface area contributed by atoms with Crippen molar-refractivity contribution in [2.45, 2.75) is 38.6 Å². The van der Waals surface area contributed by atoms with E-state index >= 15 is 0 Å². The fourth-order valence-electron chi connectivity index (χ4n) is 3.20. The summed E-state index contributed by atoms with van der Waals surface area (Å²) in [4.78, 5) is 13.0. The van der Waals surface area contributed by atoms with E-state index in [4.69, 9.17) is 16.7 Å². The van der Waals surface area contributed by atoms with Gasteiger partial charge in [-0.15, -0.1) is 0 Å². The number of rotatable bonds is 4. The maximum absolute atomic E-state index is 10.8. The zero-order valence-corrected chi connectivity index (χ0v) is 13.3. The van der Waals surface area contributed by atoms with E-state index in [2.05, 4.69) is 18.9 Å². The van der Waals surface area contributed by atoms with Gasteiger partial charge in [-0.2, -0.15) is 0 Å². The Hall–Kier alpha value is -1.48. The molecule has 4 heteroatoms. The molecule has 0 radical (unpaired) electrons. The molecule has 1 aliphatic carbocycles. The van der Waals surface area contributed by atoms with Crippen LogP contribution in [0.4, 0.5) is 5.69 Å². The van der Waals surface area contributed by atoms with Crippen LogP contribution in [0.5, 0.6) is 0 Å². The number of benzene rings is 1. The third-order valence-corrected chi connectivity index (χ3v) is 4.70. The van der Waals surface area contributed by atoms with Gasteiger partial charge in [0, 0.05) is 35.4 Å². The summed E-state index contributed by atoms with van der Waals surface area (Å²) in [5, 5.41) is 9.43. The SMILES string of the molecule is CC1CCCCC1N(C)c1cccc(Cl)c1C=CC(=O)O. The highest BCUT2D eigenvalue weighted by molar-refractivity contribution is 6.32. The van der Waals surface area contributed by atoms with Gasteiger partial charge in [-0.3, -0.25) is 0 Å². The molecular formula is C17H22ClNO2. The summed E-state index contributed by atoms with van der Waals surface area (Å²) in [6.07, 6.45) is 7.70. The lowest BCUT2D eigenvalue weighted by atomic mass is 9.84. The van der Waals surface area contributed by atoms with Gasteiger partial charge < -0.3 is 10.0 Å². The second-order valence-electron chi connectivity index (χ2n) is 5.78. The first-order valence-corrected chi connectivity index (χ1v) is 7.81. The second-order valence-corrected chi connectivity index (χ2v) is 6.19. The molecule has 2 unspecified atom stereocenters. The Kier molecular flexibility index (Phi) is 5.29. The van der Waals surface area contributed by atoms with Crippen molar-refractivity contribution in [3.63, 3.8) is 0 Å². The van der Waals surface area contributed by atoms with Gasteiger partial charge in [-0.25, -0.2) is 4.79 Å². The zero-order valence-electron chi connectivity index (χ0n) is 12.6. The topological polar surface area (TPSA) is 40.5 Å². The minimum atomic E-state index is -0.963. The number of hydrogen-bond acceptors (Lipinski definition) is 2. The van der Waals surface area contributed by atoms with Crippen molar-refractivity contribution >= 4 is 29.3 Å². The Morgan fingerprint density at radius 1 is 1.38 bits per heavy atom. The molecule has 3 nitrogen and oxygen atoms in total. The van der Waals surface area contributed by atoms with E-state index in [0.717, 1.165) is 17.3 Å².